The van der Waals surface area contributed by atoms with Gasteiger partial charge in [-0.3, -0.25) is 4.79 Å². The molecule has 2 N–H and O–H groups in total. The Bertz CT molecular complexity index is 492. The van der Waals surface area contributed by atoms with Crippen molar-refractivity contribution < 1.29 is 19.4 Å². The number of aromatic carboxylic acids is 1. The number of hydrogen-bond donors (Lipinski definition) is 2. The zero-order valence-electron chi connectivity index (χ0n) is 12.2. The van der Waals surface area contributed by atoms with Crippen LogP contribution in [0.25, 0.3) is 0 Å². The van der Waals surface area contributed by atoms with Crippen LogP contribution in [0.2, 0.25) is 0 Å². The van der Waals surface area contributed by atoms with Crippen LogP contribution in [-0.2, 0) is 16.0 Å². The number of carboxylic acids is 1. The Balaban J connectivity index is 1.76. The molecule has 0 aromatic heterocycles. The lowest BCUT2D eigenvalue weighted by molar-refractivity contribution is -0.122. The van der Waals surface area contributed by atoms with Crippen LogP contribution in [0.5, 0.6) is 0 Å². The number of aryl methyl sites for hydroxylation is 1. The van der Waals surface area contributed by atoms with E-state index < -0.39 is 5.97 Å². The smallest absolute Gasteiger partial charge is 0.335 e. The number of hydrogen-bond acceptors (Lipinski definition) is 3. The SMILES string of the molecule is C[C@H](NC(=O)CCc1ccc(C(=O)O)cc1)[C@H]1CCOC1. The molecule has 0 aliphatic carbocycles. The predicted octanol–water partition coefficient (Wildman–Crippen LogP) is 1.86. The van der Waals surface area contributed by atoms with Crippen molar-refractivity contribution in [3.05, 3.63) is 35.4 Å². The van der Waals surface area contributed by atoms with E-state index in [4.69, 9.17) is 9.84 Å². The van der Waals surface area contributed by atoms with Crippen molar-refractivity contribution in [2.45, 2.75) is 32.2 Å². The fraction of sp³-hybridized carbons (Fsp3) is 0.500. The normalized spacial score (nSPS) is 19.2. The fourth-order valence-corrected chi connectivity index (χ4v) is 2.46. The first-order chi connectivity index (χ1) is 10.1. The van der Waals surface area contributed by atoms with Crippen molar-refractivity contribution in [3.63, 3.8) is 0 Å². The van der Waals surface area contributed by atoms with E-state index in [1.54, 1.807) is 24.3 Å². The first-order valence-corrected chi connectivity index (χ1v) is 7.25. The Morgan fingerprint density at radius 3 is 2.67 bits per heavy atom. The molecule has 1 fully saturated rings. The molecule has 0 radical (unpaired) electrons. The number of benzene rings is 1. The van der Waals surface area contributed by atoms with Crippen molar-refractivity contribution in [2.75, 3.05) is 13.2 Å². The second-order valence-corrected chi connectivity index (χ2v) is 5.48. The van der Waals surface area contributed by atoms with Gasteiger partial charge in [0.25, 0.3) is 0 Å². The number of carbonyl (C=O) groups is 2. The van der Waals surface area contributed by atoms with Gasteiger partial charge in [0.1, 0.15) is 0 Å². The predicted molar refractivity (Wildman–Crippen MR) is 78.3 cm³/mol. The van der Waals surface area contributed by atoms with E-state index in [-0.39, 0.29) is 17.5 Å². The molecule has 0 bridgehead atoms. The number of amides is 1. The number of ether oxygens (including phenoxy) is 1. The summed E-state index contributed by atoms with van der Waals surface area (Å²) in [6.07, 6.45) is 2.02. The number of carboxylic acid groups (broad SMARTS) is 1. The Hall–Kier alpha value is -1.88. The molecule has 1 aliphatic heterocycles. The molecule has 5 heteroatoms. The largest absolute Gasteiger partial charge is 0.478 e. The van der Waals surface area contributed by atoms with Gasteiger partial charge in [-0.2, -0.15) is 0 Å². The van der Waals surface area contributed by atoms with E-state index in [0.717, 1.165) is 25.2 Å². The van der Waals surface area contributed by atoms with E-state index in [1.165, 1.54) is 0 Å². The van der Waals surface area contributed by atoms with Crippen LogP contribution >= 0.6 is 0 Å². The van der Waals surface area contributed by atoms with Crippen molar-refractivity contribution in [3.8, 4) is 0 Å². The second-order valence-electron chi connectivity index (χ2n) is 5.48. The quantitative estimate of drug-likeness (QED) is 0.839. The van der Waals surface area contributed by atoms with Gasteiger partial charge >= 0.3 is 5.97 Å². The molecule has 1 aromatic rings. The molecule has 1 saturated heterocycles. The Labute approximate surface area is 124 Å². The molecule has 21 heavy (non-hydrogen) atoms. The Morgan fingerprint density at radius 1 is 1.38 bits per heavy atom. The lowest BCUT2D eigenvalue weighted by atomic mass is 10.0. The maximum Gasteiger partial charge on any atom is 0.335 e. The lowest BCUT2D eigenvalue weighted by Crippen LogP contribution is -2.38. The van der Waals surface area contributed by atoms with Gasteiger partial charge in [0.2, 0.25) is 5.91 Å². The highest BCUT2D eigenvalue weighted by Crippen LogP contribution is 2.16. The molecule has 0 spiro atoms. The molecule has 0 unspecified atom stereocenters. The Kier molecular flexibility index (Phi) is 5.33. The average Bonchev–Trinajstić information content (AvgIpc) is 3.00. The standard InChI is InChI=1S/C16H21NO4/c1-11(14-8-9-21-10-14)17-15(18)7-4-12-2-5-13(6-3-12)16(19)20/h2-3,5-6,11,14H,4,7-10H2,1H3,(H,17,18)(H,19,20)/t11-,14-/m0/s1. The second kappa shape index (κ2) is 7.22. The van der Waals surface area contributed by atoms with Gasteiger partial charge in [-0.15, -0.1) is 0 Å². The number of rotatable bonds is 6. The van der Waals surface area contributed by atoms with Crippen molar-refractivity contribution >= 4 is 11.9 Å². The van der Waals surface area contributed by atoms with Gasteiger partial charge in [-0.25, -0.2) is 4.79 Å². The molecule has 5 nitrogen and oxygen atoms in total. The van der Waals surface area contributed by atoms with Gasteiger partial charge in [0.05, 0.1) is 12.2 Å². The van der Waals surface area contributed by atoms with Crippen molar-refractivity contribution in [2.24, 2.45) is 5.92 Å². The molecule has 0 saturated carbocycles. The number of carbonyl (C=O) groups excluding carboxylic acids is 1. The van der Waals surface area contributed by atoms with E-state index >= 15 is 0 Å². The molecule has 2 atom stereocenters. The fourth-order valence-electron chi connectivity index (χ4n) is 2.46. The maximum absolute atomic E-state index is 11.9. The van der Waals surface area contributed by atoms with E-state index in [0.29, 0.717) is 18.8 Å². The van der Waals surface area contributed by atoms with Crippen LogP contribution in [-0.4, -0.2) is 36.2 Å². The molecule has 1 heterocycles. The van der Waals surface area contributed by atoms with Gasteiger partial charge in [-0.05, 0) is 37.5 Å². The highest BCUT2D eigenvalue weighted by molar-refractivity contribution is 5.87. The molecule has 2 rings (SSSR count). The number of nitrogens with one attached hydrogen (secondary N) is 1. The van der Waals surface area contributed by atoms with Crippen LogP contribution < -0.4 is 5.32 Å². The van der Waals surface area contributed by atoms with E-state index in [9.17, 15) is 9.59 Å². The summed E-state index contributed by atoms with van der Waals surface area (Å²) in [6.45, 7) is 3.51. The van der Waals surface area contributed by atoms with E-state index in [1.807, 2.05) is 6.92 Å². The highest BCUT2D eigenvalue weighted by atomic mass is 16.5. The third-order valence-electron chi connectivity index (χ3n) is 3.90. The average molecular weight is 291 g/mol. The molecule has 114 valence electrons. The van der Waals surface area contributed by atoms with Crippen LogP contribution in [0.1, 0.15) is 35.7 Å². The molecule has 1 aliphatic rings. The molecular formula is C16H21NO4. The third kappa shape index (κ3) is 4.56. The van der Waals surface area contributed by atoms with Crippen LogP contribution in [0.3, 0.4) is 0 Å². The zero-order valence-corrected chi connectivity index (χ0v) is 12.2. The molecule has 1 amide bonds. The monoisotopic (exact) mass is 291 g/mol. The summed E-state index contributed by atoms with van der Waals surface area (Å²) in [5.74, 6) is -0.507. The summed E-state index contributed by atoms with van der Waals surface area (Å²) in [5, 5.41) is 11.8. The van der Waals surface area contributed by atoms with Crippen LogP contribution in [0.15, 0.2) is 24.3 Å². The summed E-state index contributed by atoms with van der Waals surface area (Å²) >= 11 is 0. The van der Waals surface area contributed by atoms with Gasteiger partial charge < -0.3 is 15.2 Å². The van der Waals surface area contributed by atoms with Gasteiger partial charge in [0, 0.05) is 25.0 Å². The zero-order chi connectivity index (χ0) is 15.2. The van der Waals surface area contributed by atoms with Crippen LogP contribution in [0, 0.1) is 5.92 Å². The first-order valence-electron chi connectivity index (χ1n) is 7.25. The van der Waals surface area contributed by atoms with Crippen molar-refractivity contribution in [1.29, 1.82) is 0 Å². The summed E-state index contributed by atoms with van der Waals surface area (Å²) in [5.41, 5.74) is 1.23. The lowest BCUT2D eigenvalue weighted by Gasteiger charge is -2.19. The van der Waals surface area contributed by atoms with Crippen molar-refractivity contribution in [1.82, 2.24) is 5.32 Å². The minimum atomic E-state index is -0.938. The van der Waals surface area contributed by atoms with E-state index in [2.05, 4.69) is 5.32 Å². The summed E-state index contributed by atoms with van der Waals surface area (Å²) in [6, 6.07) is 6.77. The van der Waals surface area contributed by atoms with Gasteiger partial charge in [-0.1, -0.05) is 12.1 Å². The molecule has 1 aromatic carbocycles. The van der Waals surface area contributed by atoms with Gasteiger partial charge in [0.15, 0.2) is 0 Å². The minimum absolute atomic E-state index is 0.0247. The minimum Gasteiger partial charge on any atom is -0.478 e. The maximum atomic E-state index is 11.9. The first kappa shape index (κ1) is 15.5. The highest BCUT2D eigenvalue weighted by Gasteiger charge is 2.23. The molecular weight excluding hydrogens is 270 g/mol. The third-order valence-corrected chi connectivity index (χ3v) is 3.90. The Morgan fingerprint density at radius 2 is 2.10 bits per heavy atom. The topological polar surface area (TPSA) is 75.6 Å². The summed E-state index contributed by atoms with van der Waals surface area (Å²) in [7, 11) is 0. The van der Waals surface area contributed by atoms with Crippen LogP contribution in [0.4, 0.5) is 0 Å². The summed E-state index contributed by atoms with van der Waals surface area (Å²) < 4.78 is 5.32. The summed E-state index contributed by atoms with van der Waals surface area (Å²) in [4.78, 5) is 22.7.